The third-order valence-corrected chi connectivity index (χ3v) is 4.60. The lowest BCUT2D eigenvalue weighted by molar-refractivity contribution is -0.132. The second kappa shape index (κ2) is 6.83. The molecule has 3 rings (SSSR count). The molecule has 0 aliphatic heterocycles. The average Bonchev–Trinajstić information content (AvgIpc) is 2.57. The number of hydrogen-bond acceptors (Lipinski definition) is 5. The van der Waals surface area contributed by atoms with E-state index in [0.29, 0.717) is 17.1 Å². The first kappa shape index (κ1) is 18.6. The van der Waals surface area contributed by atoms with Gasteiger partial charge in [0.15, 0.2) is 5.78 Å². The quantitative estimate of drug-likeness (QED) is 0.292. The van der Waals surface area contributed by atoms with E-state index in [1.807, 2.05) is 32.0 Å². The Hall–Kier alpha value is -3.21. The van der Waals surface area contributed by atoms with Crippen LogP contribution in [0.1, 0.15) is 42.3 Å². The zero-order valence-electron chi connectivity index (χ0n) is 15.9. The Morgan fingerprint density at radius 2 is 1.33 bits per heavy atom. The van der Waals surface area contributed by atoms with E-state index in [0.717, 1.165) is 32.7 Å². The Labute approximate surface area is 156 Å². The molecular weight excluding hydrogens is 344 g/mol. The summed E-state index contributed by atoms with van der Waals surface area (Å²) in [6.45, 7) is 7.96. The van der Waals surface area contributed by atoms with Crippen LogP contribution in [0, 0.1) is 13.8 Å². The normalized spacial score (nSPS) is 10.9. The molecule has 3 aromatic rings. The van der Waals surface area contributed by atoms with Crippen molar-refractivity contribution in [2.75, 3.05) is 0 Å². The summed E-state index contributed by atoms with van der Waals surface area (Å²) in [5.74, 6) is -0.220. The lowest BCUT2D eigenvalue weighted by Gasteiger charge is -2.18. The van der Waals surface area contributed by atoms with E-state index in [4.69, 9.17) is 9.47 Å². The molecule has 0 radical (unpaired) electrons. The topological polar surface area (TPSA) is 69.7 Å². The SMILES string of the molecule is CC(=O)Oc1cccc2c(C)c3cc(C(C)=O)cc(OC(C)=O)c3c(C)c12. The number of aryl methyl sites for hydroxylation is 2. The third kappa shape index (κ3) is 3.28. The van der Waals surface area contributed by atoms with E-state index in [1.54, 1.807) is 12.1 Å². The van der Waals surface area contributed by atoms with Crippen molar-refractivity contribution in [1.82, 2.24) is 0 Å². The van der Waals surface area contributed by atoms with E-state index in [2.05, 4.69) is 0 Å². The van der Waals surface area contributed by atoms with E-state index in [-0.39, 0.29) is 5.78 Å². The highest BCUT2D eigenvalue weighted by molar-refractivity contribution is 6.12. The van der Waals surface area contributed by atoms with Crippen LogP contribution in [0.15, 0.2) is 30.3 Å². The van der Waals surface area contributed by atoms with Crippen LogP contribution in [0.4, 0.5) is 0 Å². The first-order valence-corrected chi connectivity index (χ1v) is 8.58. The molecule has 5 nitrogen and oxygen atoms in total. The van der Waals surface area contributed by atoms with Crippen molar-refractivity contribution in [3.8, 4) is 11.5 Å². The number of Topliss-reactive ketones (excluding diaryl/α,β-unsaturated/α-hetero) is 1. The number of ketones is 1. The Bertz CT molecular complexity index is 1120. The number of esters is 2. The summed E-state index contributed by atoms with van der Waals surface area (Å²) in [7, 11) is 0. The lowest BCUT2D eigenvalue weighted by Crippen LogP contribution is -2.06. The van der Waals surface area contributed by atoms with Gasteiger partial charge in [-0.3, -0.25) is 14.4 Å². The molecular formula is C22H20O5. The highest BCUT2D eigenvalue weighted by Crippen LogP contribution is 2.41. The van der Waals surface area contributed by atoms with Crippen molar-refractivity contribution in [2.24, 2.45) is 0 Å². The van der Waals surface area contributed by atoms with Crippen molar-refractivity contribution in [2.45, 2.75) is 34.6 Å². The minimum Gasteiger partial charge on any atom is -0.426 e. The summed E-state index contributed by atoms with van der Waals surface area (Å²) in [5, 5.41) is 3.23. The van der Waals surface area contributed by atoms with Gasteiger partial charge >= 0.3 is 11.9 Å². The molecule has 0 spiro atoms. The Balaban J connectivity index is 2.52. The molecule has 27 heavy (non-hydrogen) atoms. The molecule has 138 valence electrons. The van der Waals surface area contributed by atoms with Crippen LogP contribution in [0.2, 0.25) is 0 Å². The molecule has 5 heteroatoms. The maximum Gasteiger partial charge on any atom is 0.308 e. The molecule has 3 aromatic carbocycles. The molecule has 0 bridgehead atoms. The van der Waals surface area contributed by atoms with Crippen molar-refractivity contribution in [3.05, 3.63) is 47.0 Å². The van der Waals surface area contributed by atoms with Gasteiger partial charge in [-0.1, -0.05) is 12.1 Å². The highest BCUT2D eigenvalue weighted by Gasteiger charge is 2.19. The van der Waals surface area contributed by atoms with E-state index >= 15 is 0 Å². The first-order valence-electron chi connectivity index (χ1n) is 8.58. The molecule has 0 fully saturated rings. The van der Waals surface area contributed by atoms with Gasteiger partial charge in [-0.15, -0.1) is 0 Å². The molecule has 0 aromatic heterocycles. The van der Waals surface area contributed by atoms with Crippen molar-refractivity contribution < 1.29 is 23.9 Å². The number of ether oxygens (including phenoxy) is 2. The van der Waals surface area contributed by atoms with Crippen LogP contribution in [0.5, 0.6) is 11.5 Å². The Kier molecular flexibility index (Phi) is 4.70. The molecule has 0 aliphatic rings. The summed E-state index contributed by atoms with van der Waals surface area (Å²) in [5.41, 5.74) is 2.20. The third-order valence-electron chi connectivity index (χ3n) is 4.60. The fourth-order valence-corrected chi connectivity index (χ4v) is 3.48. The summed E-state index contributed by atoms with van der Waals surface area (Å²) >= 11 is 0. The summed E-state index contributed by atoms with van der Waals surface area (Å²) in [6, 6.07) is 8.89. The predicted molar refractivity (Wildman–Crippen MR) is 104 cm³/mol. The smallest absolute Gasteiger partial charge is 0.308 e. The number of hydrogen-bond donors (Lipinski definition) is 0. The highest BCUT2D eigenvalue weighted by atomic mass is 16.5. The van der Waals surface area contributed by atoms with Crippen LogP contribution < -0.4 is 9.47 Å². The molecule has 0 aliphatic carbocycles. The number of carbonyl (C=O) groups excluding carboxylic acids is 3. The van der Waals surface area contributed by atoms with Gasteiger partial charge in [0.25, 0.3) is 0 Å². The monoisotopic (exact) mass is 364 g/mol. The Morgan fingerprint density at radius 3 is 1.93 bits per heavy atom. The van der Waals surface area contributed by atoms with Gasteiger partial charge in [-0.25, -0.2) is 0 Å². The predicted octanol–water partition coefficient (Wildman–Crippen LogP) is 4.66. The molecule has 0 saturated carbocycles. The number of fused-ring (bicyclic) bond motifs is 2. The summed E-state index contributed by atoms with van der Waals surface area (Å²) in [6.07, 6.45) is 0. The molecule has 0 heterocycles. The fraction of sp³-hybridized carbons (Fsp3) is 0.227. The molecule has 0 saturated heterocycles. The largest absolute Gasteiger partial charge is 0.426 e. The zero-order valence-corrected chi connectivity index (χ0v) is 15.9. The van der Waals surface area contributed by atoms with Gasteiger partial charge in [0, 0.05) is 30.2 Å². The summed E-state index contributed by atoms with van der Waals surface area (Å²) in [4.78, 5) is 35.1. The average molecular weight is 364 g/mol. The number of benzene rings is 3. The van der Waals surface area contributed by atoms with Gasteiger partial charge in [0.2, 0.25) is 0 Å². The minimum absolute atomic E-state index is 0.115. The lowest BCUT2D eigenvalue weighted by atomic mass is 9.90. The van der Waals surface area contributed by atoms with Crippen molar-refractivity contribution in [1.29, 1.82) is 0 Å². The maximum atomic E-state index is 12.0. The maximum absolute atomic E-state index is 12.0. The number of carbonyl (C=O) groups is 3. The van der Waals surface area contributed by atoms with Gasteiger partial charge in [0.05, 0.1) is 0 Å². The minimum atomic E-state index is -0.470. The van der Waals surface area contributed by atoms with Gasteiger partial charge in [0.1, 0.15) is 11.5 Å². The van der Waals surface area contributed by atoms with E-state index < -0.39 is 11.9 Å². The first-order chi connectivity index (χ1) is 12.7. The van der Waals surface area contributed by atoms with Crippen molar-refractivity contribution in [3.63, 3.8) is 0 Å². The van der Waals surface area contributed by atoms with Crippen LogP contribution in [0.3, 0.4) is 0 Å². The standard InChI is InChI=1S/C22H20O5/c1-11-17-7-6-8-19(26-14(4)24)21(17)12(2)22-18(11)9-16(13(3)23)10-20(22)27-15(5)25/h6-10H,1-5H3. The molecule has 0 unspecified atom stereocenters. The second-order valence-electron chi connectivity index (χ2n) is 6.57. The van der Waals surface area contributed by atoms with E-state index in [9.17, 15) is 14.4 Å². The fourth-order valence-electron chi connectivity index (χ4n) is 3.48. The number of rotatable bonds is 3. The molecule has 0 atom stereocenters. The van der Waals surface area contributed by atoms with Crippen LogP contribution in [0.25, 0.3) is 21.5 Å². The zero-order chi connectivity index (χ0) is 19.9. The molecule has 0 amide bonds. The van der Waals surface area contributed by atoms with Crippen LogP contribution >= 0.6 is 0 Å². The molecule has 0 N–H and O–H groups in total. The van der Waals surface area contributed by atoms with E-state index in [1.165, 1.54) is 20.8 Å². The van der Waals surface area contributed by atoms with Gasteiger partial charge in [-0.2, -0.15) is 0 Å². The van der Waals surface area contributed by atoms with Crippen LogP contribution in [-0.4, -0.2) is 17.7 Å². The Morgan fingerprint density at radius 1 is 0.741 bits per heavy atom. The van der Waals surface area contributed by atoms with Crippen molar-refractivity contribution >= 4 is 39.3 Å². The van der Waals surface area contributed by atoms with Gasteiger partial charge in [-0.05, 0) is 60.9 Å². The summed E-state index contributed by atoms with van der Waals surface area (Å²) < 4.78 is 10.8. The van der Waals surface area contributed by atoms with Gasteiger partial charge < -0.3 is 9.47 Å². The second-order valence-corrected chi connectivity index (χ2v) is 6.57. The van der Waals surface area contributed by atoms with Crippen LogP contribution in [-0.2, 0) is 9.59 Å².